The number of hydrogen-bond donors (Lipinski definition) is 1. The highest BCUT2D eigenvalue weighted by molar-refractivity contribution is 5.39. The van der Waals surface area contributed by atoms with Crippen molar-refractivity contribution in [2.24, 2.45) is 5.73 Å². The van der Waals surface area contributed by atoms with Crippen LogP contribution in [-0.4, -0.2) is 0 Å². The van der Waals surface area contributed by atoms with Crippen molar-refractivity contribution >= 4 is 0 Å². The van der Waals surface area contributed by atoms with Crippen molar-refractivity contribution in [2.75, 3.05) is 0 Å². The average Bonchev–Trinajstić information content (AvgIpc) is 2.26. The molecule has 0 aliphatic heterocycles. The SMILES string of the molecule is C=C(N)C(=C)C(=C)CCCCCCCCC. The van der Waals surface area contributed by atoms with Crippen LogP contribution in [-0.2, 0) is 0 Å². The van der Waals surface area contributed by atoms with Crippen molar-refractivity contribution in [1.82, 2.24) is 0 Å². The Morgan fingerprint density at radius 3 is 1.88 bits per heavy atom. The third kappa shape index (κ3) is 7.33. The summed E-state index contributed by atoms with van der Waals surface area (Å²) in [6.07, 6.45) is 10.2. The Hall–Kier alpha value is -0.980. The predicted molar refractivity (Wildman–Crippen MR) is 74.2 cm³/mol. The summed E-state index contributed by atoms with van der Waals surface area (Å²) in [5, 5.41) is 0. The molecule has 0 aromatic carbocycles. The fourth-order valence-electron chi connectivity index (χ4n) is 1.67. The van der Waals surface area contributed by atoms with Crippen LogP contribution >= 0.6 is 0 Å². The summed E-state index contributed by atoms with van der Waals surface area (Å²) < 4.78 is 0. The minimum absolute atomic E-state index is 0.549. The molecule has 0 atom stereocenters. The highest BCUT2D eigenvalue weighted by Crippen LogP contribution is 2.18. The lowest BCUT2D eigenvalue weighted by Gasteiger charge is -2.08. The van der Waals surface area contributed by atoms with E-state index in [0.717, 1.165) is 17.6 Å². The number of nitrogens with two attached hydrogens (primary N) is 1. The van der Waals surface area contributed by atoms with Gasteiger partial charge in [0.25, 0.3) is 0 Å². The number of allylic oxidation sites excluding steroid dienone is 1. The Balaban J connectivity index is 3.42. The van der Waals surface area contributed by atoms with E-state index < -0.39 is 0 Å². The van der Waals surface area contributed by atoms with E-state index in [4.69, 9.17) is 5.73 Å². The standard InChI is InChI=1S/C15H27N/c1-5-6-7-8-9-10-11-12-13(2)14(3)15(4)16/h2-12,16H2,1H3. The van der Waals surface area contributed by atoms with Crippen LogP contribution in [0.25, 0.3) is 0 Å². The van der Waals surface area contributed by atoms with Crippen molar-refractivity contribution in [3.63, 3.8) is 0 Å². The summed E-state index contributed by atoms with van der Waals surface area (Å²) in [6, 6.07) is 0. The number of hydrogen-bond acceptors (Lipinski definition) is 1. The summed E-state index contributed by atoms with van der Waals surface area (Å²) in [5.74, 6) is 0. The molecule has 92 valence electrons. The van der Waals surface area contributed by atoms with E-state index in [1.165, 1.54) is 44.9 Å². The maximum Gasteiger partial charge on any atom is 0.0311 e. The van der Waals surface area contributed by atoms with Gasteiger partial charge in [0.2, 0.25) is 0 Å². The van der Waals surface area contributed by atoms with Crippen LogP contribution in [0.5, 0.6) is 0 Å². The minimum Gasteiger partial charge on any atom is -0.399 e. The lowest BCUT2D eigenvalue weighted by molar-refractivity contribution is 0.589. The molecule has 0 aromatic rings. The van der Waals surface area contributed by atoms with Crippen LogP contribution in [0.4, 0.5) is 0 Å². The zero-order valence-electron chi connectivity index (χ0n) is 10.9. The van der Waals surface area contributed by atoms with E-state index in [1.807, 2.05) is 0 Å². The predicted octanol–water partition coefficient (Wildman–Crippen LogP) is 4.71. The van der Waals surface area contributed by atoms with Crippen LogP contribution in [0, 0.1) is 0 Å². The first kappa shape index (κ1) is 15.0. The second-order valence-electron chi connectivity index (χ2n) is 4.48. The van der Waals surface area contributed by atoms with Crippen molar-refractivity contribution in [1.29, 1.82) is 0 Å². The molecule has 2 N–H and O–H groups in total. The maximum atomic E-state index is 5.57. The molecule has 0 fully saturated rings. The first-order chi connectivity index (χ1) is 7.59. The van der Waals surface area contributed by atoms with Crippen molar-refractivity contribution in [3.8, 4) is 0 Å². The Morgan fingerprint density at radius 2 is 1.38 bits per heavy atom. The molecule has 0 unspecified atom stereocenters. The fourth-order valence-corrected chi connectivity index (χ4v) is 1.67. The lowest BCUT2D eigenvalue weighted by Crippen LogP contribution is -2.00. The molecule has 0 saturated heterocycles. The van der Waals surface area contributed by atoms with Gasteiger partial charge in [0.05, 0.1) is 0 Å². The molecule has 0 aliphatic carbocycles. The van der Waals surface area contributed by atoms with E-state index in [-0.39, 0.29) is 0 Å². The Labute approximate surface area is 101 Å². The quantitative estimate of drug-likeness (QED) is 0.419. The molecule has 0 heterocycles. The molecule has 16 heavy (non-hydrogen) atoms. The van der Waals surface area contributed by atoms with Crippen molar-refractivity contribution < 1.29 is 0 Å². The van der Waals surface area contributed by atoms with Crippen LogP contribution < -0.4 is 5.73 Å². The second kappa shape index (κ2) is 9.26. The van der Waals surface area contributed by atoms with Gasteiger partial charge < -0.3 is 5.73 Å². The normalized spacial score (nSPS) is 10.1. The molecule has 1 nitrogen and oxygen atoms in total. The van der Waals surface area contributed by atoms with Gasteiger partial charge in [0.15, 0.2) is 0 Å². The van der Waals surface area contributed by atoms with Gasteiger partial charge in [-0.3, -0.25) is 0 Å². The molecular weight excluding hydrogens is 194 g/mol. The van der Waals surface area contributed by atoms with Gasteiger partial charge in [0, 0.05) is 5.70 Å². The number of unbranched alkanes of at least 4 members (excludes halogenated alkanes) is 6. The molecule has 0 aromatic heterocycles. The molecule has 0 aliphatic rings. The number of rotatable bonds is 10. The molecule has 0 saturated carbocycles. The molecular formula is C15H27N. The third-order valence-corrected chi connectivity index (χ3v) is 2.90. The van der Waals surface area contributed by atoms with E-state index in [1.54, 1.807) is 0 Å². The van der Waals surface area contributed by atoms with Gasteiger partial charge in [-0.15, -0.1) is 0 Å². The van der Waals surface area contributed by atoms with Crippen molar-refractivity contribution in [3.05, 3.63) is 36.6 Å². The van der Waals surface area contributed by atoms with Crippen LogP contribution in [0.3, 0.4) is 0 Å². The van der Waals surface area contributed by atoms with Crippen molar-refractivity contribution in [2.45, 2.75) is 58.3 Å². The van der Waals surface area contributed by atoms with Gasteiger partial charge in [-0.25, -0.2) is 0 Å². The molecule has 0 spiro atoms. The van der Waals surface area contributed by atoms with Crippen LogP contribution in [0.1, 0.15) is 58.3 Å². The summed E-state index contributed by atoms with van der Waals surface area (Å²) >= 11 is 0. The largest absolute Gasteiger partial charge is 0.399 e. The summed E-state index contributed by atoms with van der Waals surface area (Å²) in [5.41, 5.74) is 7.98. The van der Waals surface area contributed by atoms with Gasteiger partial charge in [-0.05, 0) is 24.0 Å². The lowest BCUT2D eigenvalue weighted by atomic mass is 10.00. The Bertz CT molecular complexity index is 238. The third-order valence-electron chi connectivity index (χ3n) is 2.90. The summed E-state index contributed by atoms with van der Waals surface area (Å²) in [4.78, 5) is 0. The van der Waals surface area contributed by atoms with Gasteiger partial charge in [0.1, 0.15) is 0 Å². The van der Waals surface area contributed by atoms with E-state index >= 15 is 0 Å². The zero-order valence-corrected chi connectivity index (χ0v) is 10.9. The Morgan fingerprint density at radius 1 is 0.875 bits per heavy atom. The Kier molecular flexibility index (Phi) is 8.69. The van der Waals surface area contributed by atoms with Gasteiger partial charge >= 0.3 is 0 Å². The van der Waals surface area contributed by atoms with E-state index in [2.05, 4.69) is 26.7 Å². The first-order valence-electron chi connectivity index (χ1n) is 6.41. The van der Waals surface area contributed by atoms with E-state index in [0.29, 0.717) is 5.70 Å². The summed E-state index contributed by atoms with van der Waals surface area (Å²) in [7, 11) is 0. The monoisotopic (exact) mass is 221 g/mol. The summed E-state index contributed by atoms with van der Waals surface area (Å²) in [6.45, 7) is 13.8. The highest BCUT2D eigenvalue weighted by Gasteiger charge is 2.01. The highest BCUT2D eigenvalue weighted by atomic mass is 14.6. The molecule has 0 rings (SSSR count). The molecule has 1 heteroatoms. The first-order valence-corrected chi connectivity index (χ1v) is 6.41. The van der Waals surface area contributed by atoms with Crippen LogP contribution in [0.15, 0.2) is 36.6 Å². The maximum absolute atomic E-state index is 5.57. The molecule has 0 radical (unpaired) electrons. The van der Waals surface area contributed by atoms with E-state index in [9.17, 15) is 0 Å². The average molecular weight is 221 g/mol. The molecule has 0 amide bonds. The van der Waals surface area contributed by atoms with Gasteiger partial charge in [-0.2, -0.15) is 0 Å². The second-order valence-corrected chi connectivity index (χ2v) is 4.48. The van der Waals surface area contributed by atoms with Crippen LogP contribution in [0.2, 0.25) is 0 Å². The smallest absolute Gasteiger partial charge is 0.0311 e. The zero-order chi connectivity index (χ0) is 12.4. The molecule has 0 bridgehead atoms. The fraction of sp³-hybridized carbons (Fsp3) is 0.600. The van der Waals surface area contributed by atoms with Gasteiger partial charge in [-0.1, -0.05) is 65.2 Å². The topological polar surface area (TPSA) is 26.0 Å². The minimum atomic E-state index is 0.549.